The van der Waals surface area contributed by atoms with Crippen LogP contribution >= 0.6 is 23.2 Å². The third kappa shape index (κ3) is 4.45. The van der Waals surface area contributed by atoms with Crippen molar-refractivity contribution in [3.8, 4) is 0 Å². The predicted octanol–water partition coefficient (Wildman–Crippen LogP) is 2.66. The molecule has 9 heteroatoms. The quantitative estimate of drug-likeness (QED) is 0.768. The van der Waals surface area contributed by atoms with Crippen LogP contribution in [0.2, 0.25) is 10.0 Å². The second kappa shape index (κ2) is 8.22. The summed E-state index contributed by atoms with van der Waals surface area (Å²) in [6.45, 7) is -0.0951. The standard InChI is InChI=1S/C17H19Cl2N3O4/c18-11-6-13(19)16(20-7-11)21-14(23)9-26-17(25)10-5-15(24)22(8-10)12-3-1-2-4-12/h6-7,10,12H,1-5,8-9H2,(H,20,21,23)/t10-/m0/s1. The van der Waals surface area contributed by atoms with Gasteiger partial charge in [-0.05, 0) is 18.9 Å². The van der Waals surface area contributed by atoms with Crippen molar-refractivity contribution in [2.45, 2.75) is 38.1 Å². The summed E-state index contributed by atoms with van der Waals surface area (Å²) in [5.41, 5.74) is 0. The van der Waals surface area contributed by atoms with E-state index in [1.165, 1.54) is 12.3 Å². The molecule has 1 saturated carbocycles. The van der Waals surface area contributed by atoms with Gasteiger partial charge in [-0.3, -0.25) is 14.4 Å². The van der Waals surface area contributed by atoms with Crippen LogP contribution in [0.1, 0.15) is 32.1 Å². The van der Waals surface area contributed by atoms with Crippen molar-refractivity contribution in [1.82, 2.24) is 9.88 Å². The molecule has 26 heavy (non-hydrogen) atoms. The number of rotatable bonds is 5. The molecule has 2 heterocycles. The number of esters is 1. The summed E-state index contributed by atoms with van der Waals surface area (Å²) in [4.78, 5) is 41.9. The largest absolute Gasteiger partial charge is 0.455 e. The molecule has 1 aromatic heterocycles. The first kappa shape index (κ1) is 18.9. The maximum atomic E-state index is 12.2. The molecule has 2 fully saturated rings. The Morgan fingerprint density at radius 3 is 2.73 bits per heavy atom. The van der Waals surface area contributed by atoms with E-state index in [9.17, 15) is 14.4 Å². The van der Waals surface area contributed by atoms with E-state index >= 15 is 0 Å². The third-order valence-corrected chi connectivity index (χ3v) is 5.16. The number of pyridine rings is 1. The van der Waals surface area contributed by atoms with Gasteiger partial charge < -0.3 is 15.0 Å². The Morgan fingerprint density at radius 1 is 1.31 bits per heavy atom. The minimum atomic E-state index is -0.563. The Hall–Kier alpha value is -1.86. The maximum absolute atomic E-state index is 12.2. The van der Waals surface area contributed by atoms with Crippen LogP contribution in [-0.2, 0) is 19.1 Å². The maximum Gasteiger partial charge on any atom is 0.311 e. The number of carbonyl (C=O) groups is 3. The van der Waals surface area contributed by atoms with Crippen LogP contribution in [-0.4, -0.2) is 46.9 Å². The molecular formula is C17H19Cl2N3O4. The number of ether oxygens (including phenoxy) is 1. The van der Waals surface area contributed by atoms with E-state index in [0.29, 0.717) is 11.6 Å². The normalized spacial score (nSPS) is 20.5. The summed E-state index contributed by atoms with van der Waals surface area (Å²) in [6.07, 6.45) is 5.70. The molecule has 2 aliphatic rings. The second-order valence-electron chi connectivity index (χ2n) is 6.53. The zero-order valence-corrected chi connectivity index (χ0v) is 15.6. The lowest BCUT2D eigenvalue weighted by molar-refractivity contribution is -0.151. The Labute approximate surface area is 161 Å². The first-order valence-corrected chi connectivity index (χ1v) is 9.26. The van der Waals surface area contributed by atoms with Gasteiger partial charge in [0, 0.05) is 25.2 Å². The fraction of sp³-hybridized carbons (Fsp3) is 0.529. The highest BCUT2D eigenvalue weighted by atomic mass is 35.5. The molecule has 1 aliphatic carbocycles. The number of anilines is 1. The molecule has 7 nitrogen and oxygen atoms in total. The van der Waals surface area contributed by atoms with Gasteiger partial charge in [0.05, 0.1) is 16.0 Å². The van der Waals surface area contributed by atoms with E-state index in [1.807, 2.05) is 0 Å². The Balaban J connectivity index is 1.47. The molecule has 0 spiro atoms. The van der Waals surface area contributed by atoms with Crippen molar-refractivity contribution in [2.75, 3.05) is 18.5 Å². The lowest BCUT2D eigenvalue weighted by atomic mass is 10.1. The fourth-order valence-electron chi connectivity index (χ4n) is 3.39. The summed E-state index contributed by atoms with van der Waals surface area (Å²) in [5, 5.41) is 2.98. The lowest BCUT2D eigenvalue weighted by Gasteiger charge is -2.23. The fourth-order valence-corrected chi connectivity index (χ4v) is 3.81. The summed E-state index contributed by atoms with van der Waals surface area (Å²) in [6, 6.07) is 1.68. The number of nitrogens with zero attached hydrogens (tertiary/aromatic N) is 2. The Morgan fingerprint density at radius 2 is 2.04 bits per heavy atom. The van der Waals surface area contributed by atoms with Gasteiger partial charge in [0.2, 0.25) is 5.91 Å². The van der Waals surface area contributed by atoms with Crippen LogP contribution in [0.25, 0.3) is 0 Å². The van der Waals surface area contributed by atoms with Crippen molar-refractivity contribution in [3.05, 3.63) is 22.3 Å². The van der Waals surface area contributed by atoms with E-state index < -0.39 is 24.4 Å². The smallest absolute Gasteiger partial charge is 0.311 e. The van der Waals surface area contributed by atoms with Crippen molar-refractivity contribution in [2.24, 2.45) is 5.92 Å². The number of likely N-dealkylation sites (tertiary alicyclic amines) is 1. The van der Waals surface area contributed by atoms with Gasteiger partial charge >= 0.3 is 5.97 Å². The van der Waals surface area contributed by atoms with E-state index in [4.69, 9.17) is 27.9 Å². The highest BCUT2D eigenvalue weighted by molar-refractivity contribution is 6.36. The van der Waals surface area contributed by atoms with Gasteiger partial charge in [-0.2, -0.15) is 0 Å². The Kier molecular flexibility index (Phi) is 5.98. The first-order valence-electron chi connectivity index (χ1n) is 8.51. The number of carbonyl (C=O) groups excluding carboxylic acids is 3. The SMILES string of the molecule is O=C(COC(=O)[C@H]1CC(=O)N(C2CCCC2)C1)Nc1ncc(Cl)cc1Cl. The second-order valence-corrected chi connectivity index (χ2v) is 7.37. The topological polar surface area (TPSA) is 88.6 Å². The summed E-state index contributed by atoms with van der Waals surface area (Å²) in [7, 11) is 0. The number of amides is 2. The summed E-state index contributed by atoms with van der Waals surface area (Å²) in [5.74, 6) is -1.50. The van der Waals surface area contributed by atoms with Gasteiger partial charge in [-0.25, -0.2) is 4.98 Å². The predicted molar refractivity (Wildman–Crippen MR) is 95.9 cm³/mol. The van der Waals surface area contributed by atoms with Gasteiger partial charge in [0.15, 0.2) is 12.4 Å². The molecular weight excluding hydrogens is 381 g/mol. The van der Waals surface area contributed by atoms with Gasteiger partial charge in [-0.1, -0.05) is 36.0 Å². The molecule has 0 unspecified atom stereocenters. The van der Waals surface area contributed by atoms with Gasteiger partial charge in [-0.15, -0.1) is 0 Å². The van der Waals surface area contributed by atoms with E-state index in [-0.39, 0.29) is 29.2 Å². The van der Waals surface area contributed by atoms with Crippen LogP contribution in [0.3, 0.4) is 0 Å². The minimum Gasteiger partial charge on any atom is -0.455 e. The van der Waals surface area contributed by atoms with Crippen LogP contribution in [0.4, 0.5) is 5.82 Å². The van der Waals surface area contributed by atoms with E-state index in [2.05, 4.69) is 10.3 Å². The molecule has 140 valence electrons. The van der Waals surface area contributed by atoms with Crippen LogP contribution in [0.15, 0.2) is 12.3 Å². The highest BCUT2D eigenvalue weighted by Crippen LogP contribution is 2.30. The molecule has 1 aromatic rings. The lowest BCUT2D eigenvalue weighted by Crippen LogP contribution is -2.35. The molecule has 1 saturated heterocycles. The highest BCUT2D eigenvalue weighted by Gasteiger charge is 2.39. The van der Waals surface area contributed by atoms with E-state index in [0.717, 1.165) is 25.7 Å². The van der Waals surface area contributed by atoms with Crippen molar-refractivity contribution >= 4 is 46.8 Å². The number of halogens is 2. The number of hydrogen-bond donors (Lipinski definition) is 1. The van der Waals surface area contributed by atoms with Crippen LogP contribution in [0.5, 0.6) is 0 Å². The van der Waals surface area contributed by atoms with Gasteiger partial charge in [0.25, 0.3) is 5.91 Å². The molecule has 2 amide bonds. The van der Waals surface area contributed by atoms with Crippen molar-refractivity contribution < 1.29 is 19.1 Å². The van der Waals surface area contributed by atoms with Crippen LogP contribution in [0, 0.1) is 5.92 Å². The number of aromatic nitrogens is 1. The molecule has 0 aromatic carbocycles. The molecule has 1 N–H and O–H groups in total. The molecule has 0 bridgehead atoms. The van der Waals surface area contributed by atoms with Crippen molar-refractivity contribution in [1.29, 1.82) is 0 Å². The monoisotopic (exact) mass is 399 g/mol. The molecule has 1 atom stereocenters. The zero-order chi connectivity index (χ0) is 18.7. The Bertz CT molecular complexity index is 722. The van der Waals surface area contributed by atoms with Gasteiger partial charge in [0.1, 0.15) is 0 Å². The van der Waals surface area contributed by atoms with Crippen molar-refractivity contribution in [3.63, 3.8) is 0 Å². The summed E-state index contributed by atoms with van der Waals surface area (Å²) >= 11 is 11.7. The first-order chi connectivity index (χ1) is 12.4. The average Bonchev–Trinajstić information content (AvgIpc) is 3.24. The summed E-state index contributed by atoms with van der Waals surface area (Å²) < 4.78 is 5.06. The molecule has 1 aliphatic heterocycles. The van der Waals surface area contributed by atoms with Crippen LogP contribution < -0.4 is 5.32 Å². The third-order valence-electron chi connectivity index (χ3n) is 4.67. The number of hydrogen-bond acceptors (Lipinski definition) is 5. The molecule has 0 radical (unpaired) electrons. The minimum absolute atomic E-state index is 0.0135. The number of nitrogens with one attached hydrogen (secondary N) is 1. The zero-order valence-electron chi connectivity index (χ0n) is 14.0. The van der Waals surface area contributed by atoms with E-state index in [1.54, 1.807) is 4.90 Å². The average molecular weight is 400 g/mol. The molecule has 3 rings (SSSR count).